The van der Waals surface area contributed by atoms with Gasteiger partial charge < -0.3 is 19.8 Å². The predicted octanol–water partition coefficient (Wildman–Crippen LogP) is 5.32. The van der Waals surface area contributed by atoms with Crippen molar-refractivity contribution in [1.82, 2.24) is 5.16 Å². The van der Waals surface area contributed by atoms with Crippen LogP contribution in [0.3, 0.4) is 0 Å². The van der Waals surface area contributed by atoms with Crippen molar-refractivity contribution in [1.29, 1.82) is 5.26 Å². The highest BCUT2D eigenvalue weighted by atomic mass is 19.4. The van der Waals surface area contributed by atoms with Gasteiger partial charge in [-0.15, -0.1) is 0 Å². The number of anilines is 2. The Kier molecular flexibility index (Phi) is 6.61. The Morgan fingerprint density at radius 3 is 2.42 bits per heavy atom. The third-order valence-electron chi connectivity index (χ3n) is 5.79. The van der Waals surface area contributed by atoms with E-state index in [1.165, 1.54) is 56.4 Å². The highest BCUT2D eigenvalue weighted by Gasteiger charge is 2.34. The van der Waals surface area contributed by atoms with Crippen LogP contribution in [0, 0.1) is 11.3 Å². The molecule has 38 heavy (non-hydrogen) atoms. The Bertz CT molecular complexity index is 1650. The number of hydrogen-bond acceptors (Lipinski definition) is 6. The zero-order valence-electron chi connectivity index (χ0n) is 19.8. The van der Waals surface area contributed by atoms with Crippen LogP contribution in [0.4, 0.5) is 24.5 Å². The summed E-state index contributed by atoms with van der Waals surface area (Å²) >= 11 is 0. The second-order valence-electron chi connectivity index (χ2n) is 8.15. The molecule has 4 aromatic rings. The molecule has 2 amide bonds. The molecule has 2 N–H and O–H groups in total. The fourth-order valence-electron chi connectivity index (χ4n) is 3.85. The molecule has 0 fully saturated rings. The van der Waals surface area contributed by atoms with Gasteiger partial charge in [0.15, 0.2) is 11.3 Å². The van der Waals surface area contributed by atoms with Crippen molar-refractivity contribution in [3.8, 4) is 17.2 Å². The van der Waals surface area contributed by atoms with Gasteiger partial charge in [-0.1, -0.05) is 23.4 Å². The summed E-state index contributed by atoms with van der Waals surface area (Å²) in [5.41, 5.74) is -1.79. The molecule has 4 rings (SSSR count). The molecule has 0 aliphatic rings. The van der Waals surface area contributed by atoms with E-state index in [0.29, 0.717) is 0 Å². The summed E-state index contributed by atoms with van der Waals surface area (Å²) in [4.78, 5) is 38.0. The third-order valence-corrected chi connectivity index (χ3v) is 5.79. The monoisotopic (exact) mass is 522 g/mol. The lowest BCUT2D eigenvalue weighted by Crippen LogP contribution is -2.24. The Morgan fingerprint density at radius 2 is 1.79 bits per heavy atom. The first-order valence-corrected chi connectivity index (χ1v) is 10.9. The molecule has 0 spiro atoms. The van der Waals surface area contributed by atoms with E-state index in [0.717, 1.165) is 17.0 Å². The van der Waals surface area contributed by atoms with Gasteiger partial charge in [0.05, 0.1) is 39.5 Å². The van der Waals surface area contributed by atoms with Gasteiger partial charge in [0.25, 0.3) is 5.91 Å². The molecular weight excluding hydrogens is 505 g/mol. The zero-order chi connectivity index (χ0) is 27.8. The van der Waals surface area contributed by atoms with Crippen LogP contribution in [0.25, 0.3) is 22.1 Å². The Balaban J connectivity index is 1.86. The molecule has 9 nitrogen and oxygen atoms in total. The lowest BCUT2D eigenvalue weighted by atomic mass is 9.96. The van der Waals surface area contributed by atoms with Crippen LogP contribution < -0.4 is 10.2 Å². The lowest BCUT2D eigenvalue weighted by molar-refractivity contribution is -0.137. The van der Waals surface area contributed by atoms with Crippen LogP contribution in [0.5, 0.6) is 0 Å². The fraction of sp³-hybridized carbons (Fsp3) is 0.115. The number of aromatic nitrogens is 1. The molecule has 0 aliphatic heterocycles. The third kappa shape index (κ3) is 4.77. The number of hydrogen-bond donors (Lipinski definition) is 2. The molecule has 0 unspecified atom stereocenters. The highest BCUT2D eigenvalue weighted by Crippen LogP contribution is 2.42. The first-order valence-electron chi connectivity index (χ1n) is 10.9. The minimum atomic E-state index is -4.69. The summed E-state index contributed by atoms with van der Waals surface area (Å²) in [6.07, 6.45) is -4.69. The van der Waals surface area contributed by atoms with Gasteiger partial charge in [-0.2, -0.15) is 18.4 Å². The van der Waals surface area contributed by atoms with Crippen molar-refractivity contribution in [2.24, 2.45) is 0 Å². The summed E-state index contributed by atoms with van der Waals surface area (Å²) in [7, 11) is 1.37. The molecule has 3 aromatic carbocycles. The Morgan fingerprint density at radius 1 is 1.08 bits per heavy atom. The van der Waals surface area contributed by atoms with Crippen LogP contribution in [0.15, 0.2) is 59.1 Å². The average molecular weight is 522 g/mol. The van der Waals surface area contributed by atoms with Gasteiger partial charge in [0.2, 0.25) is 5.91 Å². The van der Waals surface area contributed by atoms with E-state index in [9.17, 15) is 32.7 Å². The number of halogens is 3. The second kappa shape index (κ2) is 9.70. The van der Waals surface area contributed by atoms with Gasteiger partial charge in [0, 0.05) is 19.5 Å². The number of nitrogens with zero attached hydrogens (tertiary/aromatic N) is 3. The quantitative estimate of drug-likeness (QED) is 0.362. The molecule has 0 saturated carbocycles. The Hall–Kier alpha value is -5.18. The number of carboxylic acid groups (broad SMARTS) is 1. The van der Waals surface area contributed by atoms with Gasteiger partial charge in [-0.05, 0) is 42.0 Å². The maximum absolute atomic E-state index is 13.8. The summed E-state index contributed by atoms with van der Waals surface area (Å²) in [6.45, 7) is 1.23. The molecule has 1 heterocycles. The summed E-state index contributed by atoms with van der Waals surface area (Å²) in [6, 6.07) is 12.8. The van der Waals surface area contributed by atoms with Gasteiger partial charge >= 0.3 is 12.1 Å². The van der Waals surface area contributed by atoms with E-state index in [1.54, 1.807) is 6.07 Å². The van der Waals surface area contributed by atoms with E-state index in [2.05, 4.69) is 10.5 Å². The van der Waals surface area contributed by atoms with Gasteiger partial charge in [-0.25, -0.2) is 4.79 Å². The minimum Gasteiger partial charge on any atom is -0.478 e. The van der Waals surface area contributed by atoms with Crippen molar-refractivity contribution in [3.63, 3.8) is 0 Å². The molecule has 0 atom stereocenters. The first kappa shape index (κ1) is 25.9. The van der Waals surface area contributed by atoms with Crippen molar-refractivity contribution in [3.05, 3.63) is 77.0 Å². The smallest absolute Gasteiger partial charge is 0.417 e. The largest absolute Gasteiger partial charge is 0.478 e. The number of alkyl halides is 3. The number of rotatable bonds is 5. The number of carbonyl (C=O) groups is 3. The molecule has 0 radical (unpaired) electrons. The van der Waals surface area contributed by atoms with Crippen molar-refractivity contribution in [2.75, 3.05) is 17.3 Å². The molecule has 12 heteroatoms. The first-order chi connectivity index (χ1) is 17.9. The maximum Gasteiger partial charge on any atom is 0.417 e. The lowest BCUT2D eigenvalue weighted by Gasteiger charge is -2.21. The van der Waals surface area contributed by atoms with Crippen LogP contribution >= 0.6 is 0 Å². The van der Waals surface area contributed by atoms with E-state index < -0.39 is 29.5 Å². The predicted molar refractivity (Wildman–Crippen MR) is 130 cm³/mol. The molecular formula is C26H17F3N4O5. The maximum atomic E-state index is 13.8. The average Bonchev–Trinajstić information content (AvgIpc) is 3.30. The molecule has 0 aliphatic carbocycles. The van der Waals surface area contributed by atoms with E-state index in [1.807, 2.05) is 0 Å². The van der Waals surface area contributed by atoms with E-state index >= 15 is 0 Å². The van der Waals surface area contributed by atoms with E-state index in [4.69, 9.17) is 9.78 Å². The molecule has 192 valence electrons. The normalized spacial score (nSPS) is 11.2. The summed E-state index contributed by atoms with van der Waals surface area (Å²) in [5, 5.41) is 24.7. The van der Waals surface area contributed by atoms with Gasteiger partial charge in [-0.3, -0.25) is 9.59 Å². The summed E-state index contributed by atoms with van der Waals surface area (Å²) < 4.78 is 46.5. The minimum absolute atomic E-state index is 0.0199. The Labute approximate surface area is 212 Å². The number of benzene rings is 3. The van der Waals surface area contributed by atoms with Crippen LogP contribution in [0.2, 0.25) is 0 Å². The topological polar surface area (TPSA) is 137 Å². The number of aromatic carboxylic acids is 1. The van der Waals surface area contributed by atoms with E-state index in [-0.39, 0.29) is 50.3 Å². The fourth-order valence-corrected chi connectivity index (χ4v) is 3.85. The van der Waals surface area contributed by atoms with Crippen molar-refractivity contribution >= 4 is 40.1 Å². The zero-order valence-corrected chi connectivity index (χ0v) is 19.8. The standard InChI is InChI=1S/C26H17F3N4O5/c1-13(34)33(2)21-10-18-22(11-16(21)15-5-3-4-6-19(15)26(27,28)29)38-32-23(18)24(35)31-20-8-7-14(12-30)9-17(20)25(36)37/h3-11H,1-2H3,(H,31,35)(H,36,37). The summed E-state index contributed by atoms with van der Waals surface area (Å²) in [5.74, 6) is -2.75. The molecule has 0 saturated heterocycles. The number of nitriles is 1. The van der Waals surface area contributed by atoms with Gasteiger partial charge in [0.1, 0.15) is 0 Å². The SMILES string of the molecule is CC(=O)N(C)c1cc2c(C(=O)Nc3ccc(C#N)cc3C(=O)O)noc2cc1-c1ccccc1C(F)(F)F. The van der Waals surface area contributed by atoms with Crippen LogP contribution in [0.1, 0.15) is 38.9 Å². The number of carboxylic acids is 1. The highest BCUT2D eigenvalue weighted by molar-refractivity contribution is 6.14. The number of fused-ring (bicyclic) bond motifs is 1. The van der Waals surface area contributed by atoms with Crippen molar-refractivity contribution in [2.45, 2.75) is 13.1 Å². The van der Waals surface area contributed by atoms with Crippen LogP contribution in [-0.2, 0) is 11.0 Å². The number of amides is 2. The molecule has 1 aromatic heterocycles. The van der Waals surface area contributed by atoms with Crippen LogP contribution in [-0.4, -0.2) is 35.1 Å². The van der Waals surface area contributed by atoms with Crippen molar-refractivity contribution < 1.29 is 37.2 Å². The number of carbonyl (C=O) groups excluding carboxylic acids is 2. The molecule has 0 bridgehead atoms. The second-order valence-corrected chi connectivity index (χ2v) is 8.15. The number of nitrogens with one attached hydrogen (secondary N) is 1.